The molecule has 4 rings (SSSR count). The van der Waals surface area contributed by atoms with Crippen molar-refractivity contribution in [2.75, 3.05) is 5.73 Å². The highest BCUT2D eigenvalue weighted by molar-refractivity contribution is 7.89. The summed E-state index contributed by atoms with van der Waals surface area (Å²) in [5.74, 6) is 0. The number of aliphatic imine (C=N–C) groups is 1. The van der Waals surface area contributed by atoms with Crippen LogP contribution < -0.4 is 15.2 Å². The first-order valence-corrected chi connectivity index (χ1v) is 14.3. The lowest BCUT2D eigenvalue weighted by atomic mass is 10.2. The van der Waals surface area contributed by atoms with Crippen molar-refractivity contribution in [2.24, 2.45) is 4.99 Å². The molecule has 0 aliphatic heterocycles. The van der Waals surface area contributed by atoms with Crippen LogP contribution in [0.15, 0.2) is 124 Å². The molecule has 9 nitrogen and oxygen atoms in total. The molecular formula is C27H26N4O5S2. The van der Waals surface area contributed by atoms with Gasteiger partial charge in [0.2, 0.25) is 26.1 Å². The van der Waals surface area contributed by atoms with E-state index in [1.165, 1.54) is 42.5 Å². The smallest absolute Gasteiger partial charge is 0.240 e. The van der Waals surface area contributed by atoms with Crippen LogP contribution in [0.25, 0.3) is 0 Å². The van der Waals surface area contributed by atoms with Crippen molar-refractivity contribution in [1.82, 2.24) is 9.44 Å². The van der Waals surface area contributed by atoms with Gasteiger partial charge in [0.1, 0.15) is 0 Å². The number of rotatable bonds is 9. The summed E-state index contributed by atoms with van der Waals surface area (Å²) in [5.41, 5.74) is 8.21. The van der Waals surface area contributed by atoms with Gasteiger partial charge in [-0.1, -0.05) is 60.7 Å². The molecule has 0 fully saturated rings. The Balaban J connectivity index is 0.000000212. The van der Waals surface area contributed by atoms with E-state index in [4.69, 9.17) is 5.73 Å². The zero-order valence-electron chi connectivity index (χ0n) is 20.2. The second-order valence-corrected chi connectivity index (χ2v) is 11.4. The number of isocyanates is 1. The van der Waals surface area contributed by atoms with Crippen LogP contribution in [0.5, 0.6) is 0 Å². The Labute approximate surface area is 222 Å². The molecule has 4 aromatic carbocycles. The molecule has 0 saturated carbocycles. The number of nitrogen functional groups attached to an aromatic ring is 1. The Kier molecular flexibility index (Phi) is 10.1. The van der Waals surface area contributed by atoms with E-state index in [-0.39, 0.29) is 22.9 Å². The molecule has 4 N–H and O–H groups in total. The number of hydrogen-bond donors (Lipinski definition) is 3. The fourth-order valence-electron chi connectivity index (χ4n) is 3.11. The lowest BCUT2D eigenvalue weighted by Crippen LogP contribution is -2.23. The monoisotopic (exact) mass is 550 g/mol. The summed E-state index contributed by atoms with van der Waals surface area (Å²) < 4.78 is 53.1. The Morgan fingerprint density at radius 3 is 1.39 bits per heavy atom. The van der Waals surface area contributed by atoms with Crippen LogP contribution in [0.1, 0.15) is 11.1 Å². The average molecular weight is 551 g/mol. The second kappa shape index (κ2) is 13.4. The van der Waals surface area contributed by atoms with Crippen LogP contribution in [0.2, 0.25) is 0 Å². The lowest BCUT2D eigenvalue weighted by molar-refractivity contribution is 0.565. The maximum Gasteiger partial charge on any atom is 0.240 e. The van der Waals surface area contributed by atoms with Gasteiger partial charge in [-0.3, -0.25) is 0 Å². The summed E-state index contributed by atoms with van der Waals surface area (Å²) in [6, 6.07) is 30.4. The van der Waals surface area contributed by atoms with Gasteiger partial charge in [-0.05, 0) is 59.7 Å². The van der Waals surface area contributed by atoms with E-state index in [1.807, 2.05) is 60.7 Å². The van der Waals surface area contributed by atoms with Crippen LogP contribution in [0, 0.1) is 0 Å². The number of nitrogens with one attached hydrogen (secondary N) is 2. The van der Waals surface area contributed by atoms with Gasteiger partial charge in [-0.2, -0.15) is 4.99 Å². The van der Waals surface area contributed by atoms with Crippen molar-refractivity contribution >= 4 is 37.5 Å². The van der Waals surface area contributed by atoms with Gasteiger partial charge in [0.25, 0.3) is 0 Å². The molecule has 11 heteroatoms. The number of nitrogens with zero attached hydrogens (tertiary/aromatic N) is 1. The predicted octanol–water partition coefficient (Wildman–Crippen LogP) is 3.88. The van der Waals surface area contributed by atoms with Crippen LogP contribution >= 0.6 is 0 Å². The van der Waals surface area contributed by atoms with E-state index in [9.17, 15) is 21.6 Å². The Morgan fingerprint density at radius 1 is 0.605 bits per heavy atom. The normalized spacial score (nSPS) is 11.1. The molecule has 196 valence electrons. The first-order chi connectivity index (χ1) is 18.2. The molecular weight excluding hydrogens is 524 g/mol. The third kappa shape index (κ3) is 8.77. The zero-order valence-corrected chi connectivity index (χ0v) is 21.8. The highest BCUT2D eigenvalue weighted by atomic mass is 32.2. The minimum Gasteiger partial charge on any atom is -0.399 e. The highest BCUT2D eigenvalue weighted by Crippen LogP contribution is 2.16. The molecule has 0 spiro atoms. The third-order valence-corrected chi connectivity index (χ3v) is 7.96. The number of sulfonamides is 2. The Bertz CT molecular complexity index is 1570. The molecule has 0 aliphatic carbocycles. The molecule has 38 heavy (non-hydrogen) atoms. The number of nitrogens with two attached hydrogens (primary N) is 1. The van der Waals surface area contributed by atoms with E-state index in [0.29, 0.717) is 11.4 Å². The van der Waals surface area contributed by atoms with Crippen molar-refractivity contribution in [3.05, 3.63) is 120 Å². The summed E-state index contributed by atoms with van der Waals surface area (Å²) in [7, 11) is -7.06. The average Bonchev–Trinajstić information content (AvgIpc) is 2.93. The molecule has 0 aromatic heterocycles. The standard InChI is InChI=1S/C14H12N2O3S.C13H14N2O2S/c17-11-15-13-6-8-14(9-7-13)20(18,19)16-10-12-4-2-1-3-5-12;14-12-6-8-13(9-7-12)18(16,17)15-10-11-4-2-1-3-5-11/h1-9,16H,10H2;1-9,15H,10,14H2. The van der Waals surface area contributed by atoms with Crippen molar-refractivity contribution in [3.8, 4) is 0 Å². The van der Waals surface area contributed by atoms with E-state index in [1.54, 1.807) is 12.1 Å². The second-order valence-electron chi connectivity index (χ2n) is 7.89. The fourth-order valence-corrected chi connectivity index (χ4v) is 5.15. The summed E-state index contributed by atoms with van der Waals surface area (Å²) in [6.45, 7) is 0.491. The van der Waals surface area contributed by atoms with Gasteiger partial charge in [0.05, 0.1) is 15.5 Å². The minimum atomic E-state index is -3.58. The van der Waals surface area contributed by atoms with Crippen molar-refractivity contribution in [3.63, 3.8) is 0 Å². The zero-order chi connectivity index (χ0) is 27.4. The van der Waals surface area contributed by atoms with Crippen LogP contribution in [-0.4, -0.2) is 22.9 Å². The van der Waals surface area contributed by atoms with Crippen LogP contribution in [0.3, 0.4) is 0 Å². The maximum atomic E-state index is 12.1. The first kappa shape index (κ1) is 28.5. The molecule has 0 atom stereocenters. The molecule has 0 aliphatic rings. The van der Waals surface area contributed by atoms with E-state index < -0.39 is 20.0 Å². The van der Waals surface area contributed by atoms with Gasteiger partial charge in [-0.15, -0.1) is 0 Å². The summed E-state index contributed by atoms with van der Waals surface area (Å²) in [4.78, 5) is 13.8. The van der Waals surface area contributed by atoms with E-state index >= 15 is 0 Å². The lowest BCUT2D eigenvalue weighted by Gasteiger charge is -2.07. The molecule has 0 radical (unpaired) electrons. The molecule has 0 heterocycles. The quantitative estimate of drug-likeness (QED) is 0.164. The molecule has 4 aromatic rings. The molecule has 0 amide bonds. The Morgan fingerprint density at radius 2 is 1.00 bits per heavy atom. The Hall–Kier alpha value is -4.12. The van der Waals surface area contributed by atoms with Crippen molar-refractivity contribution < 1.29 is 21.6 Å². The van der Waals surface area contributed by atoms with Crippen molar-refractivity contribution in [1.29, 1.82) is 0 Å². The topological polar surface area (TPSA) is 148 Å². The highest BCUT2D eigenvalue weighted by Gasteiger charge is 2.14. The van der Waals surface area contributed by atoms with Gasteiger partial charge in [-0.25, -0.2) is 31.1 Å². The van der Waals surface area contributed by atoms with E-state index in [2.05, 4.69) is 14.4 Å². The molecule has 0 saturated heterocycles. The fraction of sp³-hybridized carbons (Fsp3) is 0.0741. The third-order valence-electron chi connectivity index (χ3n) is 5.13. The van der Waals surface area contributed by atoms with Gasteiger partial charge in [0, 0.05) is 18.8 Å². The summed E-state index contributed by atoms with van der Waals surface area (Å²) >= 11 is 0. The number of hydrogen-bond acceptors (Lipinski definition) is 7. The predicted molar refractivity (Wildman–Crippen MR) is 146 cm³/mol. The maximum absolute atomic E-state index is 12.1. The largest absolute Gasteiger partial charge is 0.399 e. The summed E-state index contributed by atoms with van der Waals surface area (Å²) in [5, 5.41) is 0. The van der Waals surface area contributed by atoms with Gasteiger partial charge in [0.15, 0.2) is 0 Å². The number of anilines is 1. The molecule has 0 unspecified atom stereocenters. The van der Waals surface area contributed by atoms with Crippen LogP contribution in [-0.2, 0) is 37.9 Å². The number of benzene rings is 4. The van der Waals surface area contributed by atoms with Gasteiger partial charge >= 0.3 is 0 Å². The van der Waals surface area contributed by atoms with Gasteiger partial charge < -0.3 is 5.73 Å². The molecule has 0 bridgehead atoms. The van der Waals surface area contributed by atoms with E-state index in [0.717, 1.165) is 11.1 Å². The minimum absolute atomic E-state index is 0.123. The summed E-state index contributed by atoms with van der Waals surface area (Å²) in [6.07, 6.45) is 1.40. The first-order valence-electron chi connectivity index (χ1n) is 11.3. The van der Waals surface area contributed by atoms with Crippen LogP contribution in [0.4, 0.5) is 11.4 Å². The number of carbonyl (C=O) groups excluding carboxylic acids is 1. The SMILES string of the molecule is Nc1ccc(S(=O)(=O)NCc2ccccc2)cc1.O=C=Nc1ccc(S(=O)(=O)NCc2ccccc2)cc1. The van der Waals surface area contributed by atoms with Crippen molar-refractivity contribution in [2.45, 2.75) is 22.9 Å².